The zero-order chi connectivity index (χ0) is 13.5. The molecule has 0 heterocycles. The van der Waals surface area contributed by atoms with E-state index in [-0.39, 0.29) is 10.7 Å². The van der Waals surface area contributed by atoms with Gasteiger partial charge in [0.25, 0.3) is 0 Å². The molecule has 0 fully saturated rings. The van der Waals surface area contributed by atoms with Crippen LogP contribution < -0.4 is 4.74 Å². The molecule has 0 bridgehead atoms. The number of hydrogen-bond acceptors (Lipinski definition) is 2. The molecule has 1 aromatic rings. The van der Waals surface area contributed by atoms with Crippen LogP contribution in [0.2, 0.25) is 0 Å². The summed E-state index contributed by atoms with van der Waals surface area (Å²) in [6.07, 6.45) is 0.798. The average molecular weight is 314 g/mol. The van der Waals surface area contributed by atoms with Gasteiger partial charge in [0, 0.05) is 13.6 Å². The fourth-order valence-corrected chi connectivity index (χ4v) is 1.97. The van der Waals surface area contributed by atoms with E-state index in [1.807, 2.05) is 45.2 Å². The SMILES string of the molecule is CCOc1ccc(CN(C)C(=O)C(Br)CC)cc1. The highest BCUT2D eigenvalue weighted by atomic mass is 79.9. The number of halogens is 1. The van der Waals surface area contributed by atoms with E-state index in [0.29, 0.717) is 13.2 Å². The molecule has 0 aliphatic heterocycles. The number of benzene rings is 1. The lowest BCUT2D eigenvalue weighted by atomic mass is 10.2. The molecular formula is C14H20BrNO2. The topological polar surface area (TPSA) is 29.5 Å². The third-order valence-corrected chi connectivity index (χ3v) is 3.70. The van der Waals surface area contributed by atoms with Crippen LogP contribution in [0, 0.1) is 0 Å². The number of amides is 1. The van der Waals surface area contributed by atoms with Crippen molar-refractivity contribution in [2.75, 3.05) is 13.7 Å². The smallest absolute Gasteiger partial charge is 0.236 e. The van der Waals surface area contributed by atoms with Crippen molar-refractivity contribution in [2.24, 2.45) is 0 Å². The highest BCUT2D eigenvalue weighted by Crippen LogP contribution is 2.15. The molecule has 1 aromatic carbocycles. The predicted molar refractivity (Wildman–Crippen MR) is 77.1 cm³/mol. The summed E-state index contributed by atoms with van der Waals surface area (Å²) in [7, 11) is 1.82. The van der Waals surface area contributed by atoms with E-state index in [2.05, 4.69) is 15.9 Å². The molecule has 0 spiro atoms. The number of nitrogens with zero attached hydrogens (tertiary/aromatic N) is 1. The van der Waals surface area contributed by atoms with E-state index in [0.717, 1.165) is 17.7 Å². The second-order valence-corrected chi connectivity index (χ2v) is 5.25. The maximum atomic E-state index is 11.9. The van der Waals surface area contributed by atoms with Gasteiger partial charge in [-0.15, -0.1) is 0 Å². The lowest BCUT2D eigenvalue weighted by Crippen LogP contribution is -2.32. The van der Waals surface area contributed by atoms with Crippen molar-refractivity contribution in [1.82, 2.24) is 4.90 Å². The largest absolute Gasteiger partial charge is 0.494 e. The molecule has 4 heteroatoms. The van der Waals surface area contributed by atoms with Gasteiger partial charge in [-0.1, -0.05) is 35.0 Å². The minimum absolute atomic E-state index is 0.0924. The monoisotopic (exact) mass is 313 g/mol. The molecule has 0 aromatic heterocycles. The number of carbonyl (C=O) groups is 1. The van der Waals surface area contributed by atoms with Crippen molar-refractivity contribution in [3.05, 3.63) is 29.8 Å². The summed E-state index contributed by atoms with van der Waals surface area (Å²) in [6.45, 7) is 5.23. The van der Waals surface area contributed by atoms with Crippen molar-refractivity contribution >= 4 is 21.8 Å². The second-order valence-electron chi connectivity index (χ2n) is 4.15. The molecule has 0 N–H and O–H groups in total. The first-order valence-electron chi connectivity index (χ1n) is 6.19. The van der Waals surface area contributed by atoms with E-state index in [1.54, 1.807) is 4.90 Å². The van der Waals surface area contributed by atoms with Crippen LogP contribution in [0.1, 0.15) is 25.8 Å². The number of carbonyl (C=O) groups excluding carboxylic acids is 1. The zero-order valence-electron chi connectivity index (χ0n) is 11.1. The van der Waals surface area contributed by atoms with Gasteiger partial charge in [0.1, 0.15) is 5.75 Å². The van der Waals surface area contributed by atoms with Gasteiger partial charge in [0.2, 0.25) is 5.91 Å². The third kappa shape index (κ3) is 4.33. The standard InChI is InChI=1S/C14H20BrNO2/c1-4-13(15)14(17)16(3)10-11-6-8-12(9-7-11)18-5-2/h6-9,13H,4-5,10H2,1-3H3. The molecule has 18 heavy (non-hydrogen) atoms. The van der Waals surface area contributed by atoms with Crippen LogP contribution in [0.5, 0.6) is 5.75 Å². The van der Waals surface area contributed by atoms with Crippen molar-refractivity contribution in [3.8, 4) is 5.75 Å². The van der Waals surface area contributed by atoms with Gasteiger partial charge < -0.3 is 9.64 Å². The molecule has 0 aliphatic carbocycles. The summed E-state index contributed by atoms with van der Waals surface area (Å²) in [5, 5.41) is 0. The Balaban J connectivity index is 2.59. The Morgan fingerprint density at radius 1 is 1.33 bits per heavy atom. The van der Waals surface area contributed by atoms with Crippen molar-refractivity contribution in [2.45, 2.75) is 31.6 Å². The lowest BCUT2D eigenvalue weighted by Gasteiger charge is -2.20. The van der Waals surface area contributed by atoms with Crippen molar-refractivity contribution < 1.29 is 9.53 Å². The molecule has 0 saturated carbocycles. The first-order valence-corrected chi connectivity index (χ1v) is 7.10. The molecule has 0 saturated heterocycles. The number of hydrogen-bond donors (Lipinski definition) is 0. The van der Waals surface area contributed by atoms with Crippen LogP contribution in [-0.2, 0) is 11.3 Å². The Morgan fingerprint density at radius 3 is 2.44 bits per heavy atom. The van der Waals surface area contributed by atoms with E-state index >= 15 is 0 Å². The van der Waals surface area contributed by atoms with Crippen LogP contribution in [0.4, 0.5) is 0 Å². The van der Waals surface area contributed by atoms with Crippen molar-refractivity contribution in [1.29, 1.82) is 0 Å². The summed E-state index contributed by atoms with van der Waals surface area (Å²) in [5.41, 5.74) is 1.10. The zero-order valence-corrected chi connectivity index (χ0v) is 12.7. The Hall–Kier alpha value is -1.03. The normalized spacial score (nSPS) is 12.0. The highest BCUT2D eigenvalue weighted by molar-refractivity contribution is 9.10. The first-order chi connectivity index (χ1) is 8.58. The maximum absolute atomic E-state index is 11.9. The summed E-state index contributed by atoms with van der Waals surface area (Å²) in [4.78, 5) is 13.5. The van der Waals surface area contributed by atoms with Crippen LogP contribution in [-0.4, -0.2) is 29.3 Å². The molecule has 3 nitrogen and oxygen atoms in total. The maximum Gasteiger partial charge on any atom is 0.236 e. The Kier molecular flexibility index (Phi) is 6.19. The number of rotatable bonds is 6. The van der Waals surface area contributed by atoms with Gasteiger partial charge in [-0.2, -0.15) is 0 Å². The van der Waals surface area contributed by atoms with E-state index in [9.17, 15) is 4.79 Å². The summed E-state index contributed by atoms with van der Waals surface area (Å²) < 4.78 is 5.38. The van der Waals surface area contributed by atoms with E-state index in [4.69, 9.17) is 4.74 Å². The third-order valence-electron chi connectivity index (χ3n) is 2.66. The average Bonchev–Trinajstić information content (AvgIpc) is 2.39. The van der Waals surface area contributed by atoms with Crippen LogP contribution in [0.15, 0.2) is 24.3 Å². The molecule has 1 amide bonds. The molecule has 1 rings (SSSR count). The van der Waals surface area contributed by atoms with E-state index in [1.165, 1.54) is 0 Å². The van der Waals surface area contributed by atoms with Gasteiger partial charge in [-0.05, 0) is 31.0 Å². The van der Waals surface area contributed by atoms with Gasteiger partial charge >= 0.3 is 0 Å². The first kappa shape index (κ1) is 15.0. The molecule has 0 aliphatic rings. The Morgan fingerprint density at radius 2 is 1.94 bits per heavy atom. The summed E-state index contributed by atoms with van der Waals surface area (Å²) in [6, 6.07) is 7.85. The molecule has 0 radical (unpaired) electrons. The molecular weight excluding hydrogens is 294 g/mol. The molecule has 1 atom stereocenters. The predicted octanol–water partition coefficient (Wildman–Crippen LogP) is 3.22. The lowest BCUT2D eigenvalue weighted by molar-refractivity contribution is -0.129. The second kappa shape index (κ2) is 7.41. The van der Waals surface area contributed by atoms with Gasteiger partial charge in [0.05, 0.1) is 11.4 Å². The molecule has 1 unspecified atom stereocenters. The Bertz CT molecular complexity index is 378. The summed E-state index contributed by atoms with van der Waals surface area (Å²) >= 11 is 3.38. The highest BCUT2D eigenvalue weighted by Gasteiger charge is 2.17. The van der Waals surface area contributed by atoms with E-state index < -0.39 is 0 Å². The van der Waals surface area contributed by atoms with Crippen LogP contribution in [0.3, 0.4) is 0 Å². The van der Waals surface area contributed by atoms with Crippen molar-refractivity contribution in [3.63, 3.8) is 0 Å². The Labute approximate surface area is 117 Å². The summed E-state index contributed by atoms with van der Waals surface area (Å²) in [5.74, 6) is 0.980. The fourth-order valence-electron chi connectivity index (χ4n) is 1.62. The van der Waals surface area contributed by atoms with Crippen LogP contribution in [0.25, 0.3) is 0 Å². The molecule has 100 valence electrons. The van der Waals surface area contributed by atoms with Gasteiger partial charge in [-0.3, -0.25) is 4.79 Å². The van der Waals surface area contributed by atoms with Gasteiger partial charge in [0.15, 0.2) is 0 Å². The van der Waals surface area contributed by atoms with Gasteiger partial charge in [-0.25, -0.2) is 0 Å². The minimum Gasteiger partial charge on any atom is -0.494 e. The van der Waals surface area contributed by atoms with Crippen LogP contribution >= 0.6 is 15.9 Å². The number of alkyl halides is 1. The number of ether oxygens (including phenoxy) is 1. The minimum atomic E-state index is -0.0924. The fraction of sp³-hybridized carbons (Fsp3) is 0.500. The quantitative estimate of drug-likeness (QED) is 0.755.